The molecule has 0 unspecified atom stereocenters. The minimum atomic E-state index is -0.231. The molecule has 0 atom stereocenters. The maximum Gasteiger partial charge on any atom is 0.195 e. The fourth-order valence-electron chi connectivity index (χ4n) is 1.45. The van der Waals surface area contributed by atoms with Gasteiger partial charge in [-0.15, -0.1) is 10.2 Å². The molecule has 17 heavy (non-hydrogen) atoms. The molecular formula is C11H13FN4S. The van der Waals surface area contributed by atoms with Gasteiger partial charge in [-0.05, 0) is 30.4 Å². The summed E-state index contributed by atoms with van der Waals surface area (Å²) in [7, 11) is 3.67. The Labute approximate surface area is 103 Å². The van der Waals surface area contributed by atoms with Crippen molar-refractivity contribution in [3.05, 3.63) is 35.9 Å². The molecule has 0 saturated carbocycles. The van der Waals surface area contributed by atoms with Crippen LogP contribution in [0.5, 0.6) is 0 Å². The highest BCUT2D eigenvalue weighted by molar-refractivity contribution is 7.99. The van der Waals surface area contributed by atoms with Crippen LogP contribution >= 0.6 is 11.8 Å². The Bertz CT molecular complexity index is 512. The fraction of sp³-hybridized carbons (Fsp3) is 0.273. The molecule has 0 amide bonds. The average molecular weight is 252 g/mol. The van der Waals surface area contributed by atoms with Crippen molar-refractivity contribution in [1.29, 1.82) is 0 Å². The summed E-state index contributed by atoms with van der Waals surface area (Å²) in [5.74, 6) is -0.231. The second kappa shape index (κ2) is 5.29. The lowest BCUT2D eigenvalue weighted by atomic mass is 10.2. The molecular weight excluding hydrogens is 239 g/mol. The first kappa shape index (κ1) is 12.1. The number of aromatic nitrogens is 3. The maximum atomic E-state index is 13.8. The zero-order chi connectivity index (χ0) is 12.3. The third-order valence-corrected chi connectivity index (χ3v) is 3.49. The highest BCUT2D eigenvalue weighted by atomic mass is 32.2. The molecule has 2 aromatic rings. The third-order valence-electron chi connectivity index (χ3n) is 2.28. The lowest BCUT2D eigenvalue weighted by Crippen LogP contribution is -2.07. The first-order chi connectivity index (χ1) is 8.22. The molecule has 1 heterocycles. The zero-order valence-corrected chi connectivity index (χ0v) is 10.5. The van der Waals surface area contributed by atoms with Crippen molar-refractivity contribution < 1.29 is 4.39 Å². The van der Waals surface area contributed by atoms with E-state index >= 15 is 0 Å². The maximum absolute atomic E-state index is 13.8. The molecule has 0 spiro atoms. The van der Waals surface area contributed by atoms with E-state index in [1.165, 1.54) is 17.8 Å². The van der Waals surface area contributed by atoms with Gasteiger partial charge in [0.25, 0.3) is 0 Å². The SMILES string of the molecule is CNCc1cccc(F)c1Sc1nncn1C. The Kier molecular flexibility index (Phi) is 3.75. The van der Waals surface area contributed by atoms with Crippen LogP contribution in [0, 0.1) is 5.82 Å². The van der Waals surface area contributed by atoms with Gasteiger partial charge in [0.05, 0.1) is 4.90 Å². The van der Waals surface area contributed by atoms with Crippen LogP contribution < -0.4 is 5.32 Å². The summed E-state index contributed by atoms with van der Waals surface area (Å²) in [6, 6.07) is 5.07. The van der Waals surface area contributed by atoms with E-state index in [0.29, 0.717) is 16.6 Å². The largest absolute Gasteiger partial charge is 0.316 e. The highest BCUT2D eigenvalue weighted by Crippen LogP contribution is 2.31. The molecule has 0 aliphatic rings. The van der Waals surface area contributed by atoms with Gasteiger partial charge in [0.1, 0.15) is 12.1 Å². The third kappa shape index (κ3) is 2.65. The summed E-state index contributed by atoms with van der Waals surface area (Å²) in [5, 5.41) is 11.4. The molecule has 1 aromatic heterocycles. The number of nitrogens with zero attached hydrogens (tertiary/aromatic N) is 3. The number of aryl methyl sites for hydroxylation is 1. The molecule has 90 valence electrons. The number of benzene rings is 1. The van der Waals surface area contributed by atoms with Crippen LogP contribution in [0.4, 0.5) is 4.39 Å². The summed E-state index contributed by atoms with van der Waals surface area (Å²) in [4.78, 5) is 0.595. The van der Waals surface area contributed by atoms with Gasteiger partial charge < -0.3 is 9.88 Å². The van der Waals surface area contributed by atoms with Gasteiger partial charge in [-0.1, -0.05) is 12.1 Å². The lowest BCUT2D eigenvalue weighted by Gasteiger charge is -2.09. The number of nitrogens with one attached hydrogen (secondary N) is 1. The van der Waals surface area contributed by atoms with E-state index in [-0.39, 0.29) is 5.82 Å². The molecule has 0 saturated heterocycles. The fourth-order valence-corrected chi connectivity index (χ4v) is 2.35. The van der Waals surface area contributed by atoms with Crippen LogP contribution in [0.1, 0.15) is 5.56 Å². The van der Waals surface area contributed by atoms with Gasteiger partial charge in [0.2, 0.25) is 0 Å². The van der Waals surface area contributed by atoms with Crippen molar-refractivity contribution in [3.63, 3.8) is 0 Å². The molecule has 2 rings (SSSR count). The summed E-state index contributed by atoms with van der Waals surface area (Å²) in [5.41, 5.74) is 0.917. The number of hydrogen-bond acceptors (Lipinski definition) is 4. The number of hydrogen-bond donors (Lipinski definition) is 1. The van der Waals surface area contributed by atoms with Crippen molar-refractivity contribution in [3.8, 4) is 0 Å². The van der Waals surface area contributed by atoms with Gasteiger partial charge in [0.15, 0.2) is 5.16 Å². The molecule has 6 heteroatoms. The average Bonchev–Trinajstić information content (AvgIpc) is 2.70. The molecule has 0 bridgehead atoms. The van der Waals surface area contributed by atoms with Crippen molar-refractivity contribution in [2.75, 3.05) is 7.05 Å². The van der Waals surface area contributed by atoms with Crippen molar-refractivity contribution >= 4 is 11.8 Å². The van der Waals surface area contributed by atoms with E-state index in [9.17, 15) is 4.39 Å². The van der Waals surface area contributed by atoms with Crippen molar-refractivity contribution in [2.24, 2.45) is 7.05 Å². The van der Waals surface area contributed by atoms with Gasteiger partial charge in [-0.2, -0.15) is 0 Å². The Morgan fingerprint density at radius 2 is 2.29 bits per heavy atom. The summed E-state index contributed by atoms with van der Waals surface area (Å²) in [6.07, 6.45) is 1.60. The molecule has 0 radical (unpaired) electrons. The summed E-state index contributed by atoms with van der Waals surface area (Å²) in [6.45, 7) is 0.623. The van der Waals surface area contributed by atoms with E-state index in [4.69, 9.17) is 0 Å². The normalized spacial score (nSPS) is 10.8. The Hall–Kier alpha value is -1.40. The highest BCUT2D eigenvalue weighted by Gasteiger charge is 2.12. The van der Waals surface area contributed by atoms with Crippen LogP contribution in [0.2, 0.25) is 0 Å². The van der Waals surface area contributed by atoms with Gasteiger partial charge >= 0.3 is 0 Å². The lowest BCUT2D eigenvalue weighted by molar-refractivity contribution is 0.593. The predicted molar refractivity (Wildman–Crippen MR) is 64.3 cm³/mol. The Morgan fingerprint density at radius 1 is 1.47 bits per heavy atom. The Balaban J connectivity index is 2.34. The molecule has 1 aromatic carbocycles. The minimum Gasteiger partial charge on any atom is -0.316 e. The van der Waals surface area contributed by atoms with Crippen LogP contribution in [0.3, 0.4) is 0 Å². The standard InChI is InChI=1S/C11H13FN4S/c1-13-6-8-4-3-5-9(12)10(8)17-11-15-14-7-16(11)2/h3-5,7,13H,6H2,1-2H3. The molecule has 1 N–H and O–H groups in total. The van der Waals surface area contributed by atoms with E-state index in [1.807, 2.05) is 20.2 Å². The monoisotopic (exact) mass is 252 g/mol. The first-order valence-corrected chi connectivity index (χ1v) is 5.98. The number of halogens is 1. The topological polar surface area (TPSA) is 42.7 Å². The first-order valence-electron chi connectivity index (χ1n) is 5.16. The Morgan fingerprint density at radius 3 is 2.94 bits per heavy atom. The molecule has 0 aliphatic carbocycles. The van der Waals surface area contributed by atoms with E-state index < -0.39 is 0 Å². The van der Waals surface area contributed by atoms with Crippen LogP contribution in [0.25, 0.3) is 0 Å². The van der Waals surface area contributed by atoms with Crippen molar-refractivity contribution in [2.45, 2.75) is 16.6 Å². The van der Waals surface area contributed by atoms with E-state index in [2.05, 4.69) is 15.5 Å². The van der Waals surface area contributed by atoms with Crippen LogP contribution in [-0.2, 0) is 13.6 Å². The smallest absolute Gasteiger partial charge is 0.195 e. The molecule has 0 fully saturated rings. The second-order valence-corrected chi connectivity index (χ2v) is 4.56. The quantitative estimate of drug-likeness (QED) is 0.901. The zero-order valence-electron chi connectivity index (χ0n) is 9.64. The molecule has 4 nitrogen and oxygen atoms in total. The van der Waals surface area contributed by atoms with Gasteiger partial charge in [0, 0.05) is 13.6 Å². The van der Waals surface area contributed by atoms with Gasteiger partial charge in [-0.3, -0.25) is 0 Å². The summed E-state index contributed by atoms with van der Waals surface area (Å²) < 4.78 is 15.6. The minimum absolute atomic E-state index is 0.231. The van der Waals surface area contributed by atoms with E-state index in [0.717, 1.165) is 5.56 Å². The summed E-state index contributed by atoms with van der Waals surface area (Å²) >= 11 is 1.29. The van der Waals surface area contributed by atoms with Crippen molar-refractivity contribution in [1.82, 2.24) is 20.1 Å². The second-order valence-electron chi connectivity index (χ2n) is 3.58. The van der Waals surface area contributed by atoms with E-state index in [1.54, 1.807) is 17.0 Å². The van der Waals surface area contributed by atoms with Crippen LogP contribution in [-0.4, -0.2) is 21.8 Å². The predicted octanol–water partition coefficient (Wildman–Crippen LogP) is 1.82. The van der Waals surface area contributed by atoms with Crippen LogP contribution in [0.15, 0.2) is 34.6 Å². The molecule has 0 aliphatic heterocycles. The van der Waals surface area contributed by atoms with Gasteiger partial charge in [-0.25, -0.2) is 4.39 Å². The number of rotatable bonds is 4.